The predicted octanol–water partition coefficient (Wildman–Crippen LogP) is -3.10. The number of carbonyl (C=O) groups is 5. The Labute approximate surface area is 178 Å². The lowest BCUT2D eigenvalue weighted by molar-refractivity contribution is -0.144. The van der Waals surface area contributed by atoms with Crippen LogP contribution in [0.3, 0.4) is 0 Å². The number of hydrogen-bond acceptors (Lipinski definition) is 8. The molecule has 6 unspecified atom stereocenters. The van der Waals surface area contributed by atoms with Gasteiger partial charge in [-0.3, -0.25) is 19.2 Å². The molecule has 1 fully saturated rings. The summed E-state index contributed by atoms with van der Waals surface area (Å²) in [7, 11) is 0. The molecule has 1 rings (SSSR count). The van der Waals surface area contributed by atoms with Gasteiger partial charge in [0.25, 0.3) is 0 Å². The lowest BCUT2D eigenvalue weighted by Crippen LogP contribution is -2.61. The number of nitrogens with one attached hydrogen (secondary N) is 4. The number of hydrogen-bond donors (Lipinski definition) is 8. The van der Waals surface area contributed by atoms with Gasteiger partial charge >= 0.3 is 11.9 Å². The van der Waals surface area contributed by atoms with Crippen LogP contribution in [0.2, 0.25) is 0 Å². The molecule has 176 valence electrons. The maximum Gasteiger partial charge on any atom is 0.326 e. The highest BCUT2D eigenvalue weighted by Gasteiger charge is 2.35. The van der Waals surface area contributed by atoms with Gasteiger partial charge in [-0.2, -0.15) is 0 Å². The zero-order valence-corrected chi connectivity index (χ0v) is 17.3. The van der Waals surface area contributed by atoms with Crippen LogP contribution in [0.4, 0.5) is 0 Å². The van der Waals surface area contributed by atoms with E-state index in [-0.39, 0.29) is 0 Å². The van der Waals surface area contributed by atoms with Crippen molar-refractivity contribution in [3.8, 4) is 0 Å². The molecule has 8 N–H and O–H groups in total. The van der Waals surface area contributed by atoms with Crippen LogP contribution in [-0.4, -0.2) is 93.0 Å². The molecule has 13 nitrogen and oxygen atoms in total. The highest BCUT2D eigenvalue weighted by atomic mass is 16.4. The van der Waals surface area contributed by atoms with Crippen molar-refractivity contribution in [2.45, 2.75) is 75.9 Å². The van der Waals surface area contributed by atoms with Crippen LogP contribution in [0.15, 0.2) is 0 Å². The van der Waals surface area contributed by atoms with Crippen LogP contribution in [0.5, 0.6) is 0 Å². The zero-order chi connectivity index (χ0) is 23.7. The first kappa shape index (κ1) is 26.3. The molecule has 3 amide bonds. The topological polar surface area (TPSA) is 214 Å². The van der Waals surface area contributed by atoms with Crippen molar-refractivity contribution in [1.82, 2.24) is 21.3 Å². The Kier molecular flexibility index (Phi) is 10.3. The molecule has 0 aliphatic carbocycles. The van der Waals surface area contributed by atoms with Gasteiger partial charge in [-0.05, 0) is 39.7 Å². The van der Waals surface area contributed by atoms with Crippen LogP contribution in [0, 0.1) is 0 Å². The molecule has 13 heteroatoms. The first-order chi connectivity index (χ1) is 14.4. The third-order valence-corrected chi connectivity index (χ3v) is 4.76. The molecular weight excluding hydrogens is 416 g/mol. The number of amides is 3. The molecule has 1 aliphatic rings. The third kappa shape index (κ3) is 8.47. The summed E-state index contributed by atoms with van der Waals surface area (Å²) in [6.07, 6.45) is -2.37. The molecule has 0 spiro atoms. The van der Waals surface area contributed by atoms with Gasteiger partial charge in [0.15, 0.2) is 0 Å². The second-order valence-electron chi connectivity index (χ2n) is 7.43. The van der Waals surface area contributed by atoms with E-state index >= 15 is 0 Å². The molecule has 1 heterocycles. The Morgan fingerprint density at radius 1 is 0.935 bits per heavy atom. The van der Waals surface area contributed by atoms with E-state index in [9.17, 15) is 34.2 Å². The monoisotopic (exact) mass is 446 g/mol. The molecule has 0 bridgehead atoms. The van der Waals surface area contributed by atoms with Crippen LogP contribution in [0.25, 0.3) is 0 Å². The Hall–Kier alpha value is -2.77. The van der Waals surface area contributed by atoms with Crippen molar-refractivity contribution in [2.24, 2.45) is 0 Å². The van der Waals surface area contributed by atoms with Crippen LogP contribution < -0.4 is 21.3 Å². The van der Waals surface area contributed by atoms with Crippen molar-refractivity contribution in [3.63, 3.8) is 0 Å². The highest BCUT2D eigenvalue weighted by Crippen LogP contribution is 2.07. The molecule has 0 aromatic carbocycles. The molecule has 31 heavy (non-hydrogen) atoms. The Morgan fingerprint density at radius 3 is 1.94 bits per heavy atom. The quantitative estimate of drug-likeness (QED) is 0.151. The van der Waals surface area contributed by atoms with Crippen molar-refractivity contribution in [3.05, 3.63) is 0 Å². The van der Waals surface area contributed by atoms with Crippen molar-refractivity contribution in [2.75, 3.05) is 6.54 Å². The number of carboxylic acid groups (broad SMARTS) is 2. The molecule has 1 saturated heterocycles. The fourth-order valence-electron chi connectivity index (χ4n) is 3.00. The third-order valence-electron chi connectivity index (χ3n) is 4.76. The zero-order valence-electron chi connectivity index (χ0n) is 17.3. The highest BCUT2D eigenvalue weighted by molar-refractivity contribution is 5.94. The Bertz CT molecular complexity index is 677. The summed E-state index contributed by atoms with van der Waals surface area (Å²) in [6.45, 7) is 3.08. The summed E-state index contributed by atoms with van der Waals surface area (Å²) in [6, 6.07) is -5.11. The van der Waals surface area contributed by atoms with Gasteiger partial charge in [0.1, 0.15) is 18.1 Å². The SMILES string of the molecule is CC(O)C(NC(=O)C1CCCN1)C(=O)NC(C(=O)NC(CCC(=O)O)C(=O)O)C(C)O. The van der Waals surface area contributed by atoms with Crippen LogP contribution >= 0.6 is 0 Å². The van der Waals surface area contributed by atoms with E-state index in [0.29, 0.717) is 13.0 Å². The summed E-state index contributed by atoms with van der Waals surface area (Å²) in [5.41, 5.74) is 0. The maximum absolute atomic E-state index is 12.6. The van der Waals surface area contributed by atoms with E-state index in [1.54, 1.807) is 0 Å². The number of aliphatic carboxylic acids is 2. The van der Waals surface area contributed by atoms with Crippen LogP contribution in [-0.2, 0) is 24.0 Å². The number of aliphatic hydroxyl groups excluding tert-OH is 2. The van der Waals surface area contributed by atoms with Crippen molar-refractivity contribution in [1.29, 1.82) is 0 Å². The minimum atomic E-state index is -1.61. The van der Waals surface area contributed by atoms with Gasteiger partial charge in [0.05, 0.1) is 18.2 Å². The number of carboxylic acids is 2. The van der Waals surface area contributed by atoms with E-state index in [0.717, 1.165) is 6.42 Å². The van der Waals surface area contributed by atoms with Gasteiger partial charge in [-0.25, -0.2) is 4.79 Å². The second-order valence-corrected chi connectivity index (χ2v) is 7.43. The van der Waals surface area contributed by atoms with Crippen molar-refractivity contribution >= 4 is 29.7 Å². The first-order valence-corrected chi connectivity index (χ1v) is 9.89. The van der Waals surface area contributed by atoms with E-state index in [2.05, 4.69) is 21.3 Å². The molecule has 0 aromatic rings. The van der Waals surface area contributed by atoms with Crippen LogP contribution in [0.1, 0.15) is 39.5 Å². The van der Waals surface area contributed by atoms with Gasteiger partial charge in [0, 0.05) is 6.42 Å². The molecule has 0 aromatic heterocycles. The first-order valence-electron chi connectivity index (χ1n) is 9.89. The lowest BCUT2D eigenvalue weighted by Gasteiger charge is -2.27. The summed E-state index contributed by atoms with van der Waals surface area (Å²) in [5, 5.41) is 47.3. The molecule has 6 atom stereocenters. The van der Waals surface area contributed by atoms with Gasteiger partial charge in [-0.15, -0.1) is 0 Å². The van der Waals surface area contributed by atoms with E-state index in [4.69, 9.17) is 10.2 Å². The van der Waals surface area contributed by atoms with Gasteiger partial charge < -0.3 is 41.7 Å². The normalized spacial score (nSPS) is 20.6. The lowest BCUT2D eigenvalue weighted by atomic mass is 10.1. The summed E-state index contributed by atoms with van der Waals surface area (Å²) < 4.78 is 0. The average molecular weight is 446 g/mol. The standard InChI is InChI=1S/C18H30N4O9/c1-8(23)13(16(28)20-11(18(30)31)5-6-12(25)26)22-17(29)14(9(2)24)21-15(27)10-4-3-7-19-10/h8-11,13-14,19,23-24H,3-7H2,1-2H3,(H,20,28)(H,21,27)(H,22,29)(H,25,26)(H,30,31). The van der Waals surface area contributed by atoms with Gasteiger partial charge in [-0.1, -0.05) is 0 Å². The second kappa shape index (κ2) is 12.2. The average Bonchev–Trinajstić information content (AvgIpc) is 3.20. The fraction of sp³-hybridized carbons (Fsp3) is 0.722. The molecular formula is C18H30N4O9. The van der Waals surface area contributed by atoms with E-state index in [1.807, 2.05) is 0 Å². The van der Waals surface area contributed by atoms with Gasteiger partial charge in [0.2, 0.25) is 17.7 Å². The number of rotatable bonds is 12. The fourth-order valence-corrected chi connectivity index (χ4v) is 3.00. The maximum atomic E-state index is 12.6. The molecule has 0 radical (unpaired) electrons. The Balaban J connectivity index is 2.83. The Morgan fingerprint density at radius 2 is 1.48 bits per heavy atom. The molecule has 1 aliphatic heterocycles. The largest absolute Gasteiger partial charge is 0.481 e. The minimum absolute atomic E-state index is 0.405. The van der Waals surface area contributed by atoms with Crippen molar-refractivity contribution < 1.29 is 44.4 Å². The summed E-state index contributed by atoms with van der Waals surface area (Å²) >= 11 is 0. The molecule has 0 saturated carbocycles. The summed E-state index contributed by atoms with van der Waals surface area (Å²) in [5.74, 6) is -5.26. The van der Waals surface area contributed by atoms with E-state index in [1.165, 1.54) is 13.8 Å². The smallest absolute Gasteiger partial charge is 0.326 e. The minimum Gasteiger partial charge on any atom is -0.481 e. The summed E-state index contributed by atoms with van der Waals surface area (Å²) in [4.78, 5) is 59.2. The van der Waals surface area contributed by atoms with E-state index < -0.39 is 78.9 Å². The number of carbonyl (C=O) groups excluding carboxylic acids is 3. The predicted molar refractivity (Wildman–Crippen MR) is 105 cm³/mol. The number of aliphatic hydroxyl groups is 2.